The lowest BCUT2D eigenvalue weighted by Crippen LogP contribution is -2.45. The van der Waals surface area contributed by atoms with Crippen LogP contribution in [0.15, 0.2) is 29.2 Å². The van der Waals surface area contributed by atoms with Crippen molar-refractivity contribution in [1.82, 2.24) is 4.72 Å². The lowest BCUT2D eigenvalue weighted by molar-refractivity contribution is 0.463. The van der Waals surface area contributed by atoms with Gasteiger partial charge in [0.15, 0.2) is 0 Å². The van der Waals surface area contributed by atoms with E-state index in [0.29, 0.717) is 18.0 Å². The van der Waals surface area contributed by atoms with Gasteiger partial charge < -0.3 is 10.6 Å². The number of benzene rings is 1. The minimum atomic E-state index is -3.47. The number of para-hydroxylation sites is 1. The summed E-state index contributed by atoms with van der Waals surface area (Å²) in [5.74, 6) is 0. The number of anilines is 1. The van der Waals surface area contributed by atoms with Crippen LogP contribution < -0.4 is 15.4 Å². The molecule has 1 aliphatic heterocycles. The van der Waals surface area contributed by atoms with Crippen LogP contribution in [0.3, 0.4) is 0 Å². The van der Waals surface area contributed by atoms with Gasteiger partial charge in [0.05, 0.1) is 5.69 Å². The Hall–Kier alpha value is -1.11. The molecule has 6 heteroatoms. The van der Waals surface area contributed by atoms with Crippen LogP contribution in [0.2, 0.25) is 0 Å². The van der Waals surface area contributed by atoms with Crippen LogP contribution in [0.4, 0.5) is 5.69 Å². The van der Waals surface area contributed by atoms with Gasteiger partial charge in [0.1, 0.15) is 4.90 Å². The van der Waals surface area contributed by atoms with Crippen molar-refractivity contribution >= 4 is 15.7 Å². The second kappa shape index (κ2) is 7.24. The average molecular weight is 311 g/mol. The summed E-state index contributed by atoms with van der Waals surface area (Å²) >= 11 is 0. The van der Waals surface area contributed by atoms with Crippen molar-refractivity contribution in [2.45, 2.75) is 43.5 Å². The lowest BCUT2D eigenvalue weighted by Gasteiger charge is -2.37. The molecule has 0 aliphatic carbocycles. The first kappa shape index (κ1) is 16.3. The second-order valence-electron chi connectivity index (χ2n) is 5.44. The molecule has 0 amide bonds. The maximum Gasteiger partial charge on any atom is 0.242 e. The molecule has 3 N–H and O–H groups in total. The van der Waals surface area contributed by atoms with E-state index < -0.39 is 10.0 Å². The normalized spacial score (nSPS) is 19.7. The maximum atomic E-state index is 12.5. The van der Waals surface area contributed by atoms with Gasteiger partial charge in [-0.3, -0.25) is 0 Å². The predicted octanol–water partition coefficient (Wildman–Crippen LogP) is 1.69. The van der Waals surface area contributed by atoms with Gasteiger partial charge in [0, 0.05) is 25.7 Å². The molecule has 1 fully saturated rings. The van der Waals surface area contributed by atoms with Gasteiger partial charge in [-0.15, -0.1) is 0 Å². The van der Waals surface area contributed by atoms with E-state index in [1.807, 2.05) is 19.1 Å². The number of nitrogens with one attached hydrogen (secondary N) is 1. The third-order valence-electron chi connectivity index (χ3n) is 3.91. The van der Waals surface area contributed by atoms with E-state index in [-0.39, 0.29) is 6.04 Å². The van der Waals surface area contributed by atoms with Crippen molar-refractivity contribution in [3.05, 3.63) is 24.3 Å². The Morgan fingerprint density at radius 1 is 1.33 bits per heavy atom. The summed E-state index contributed by atoms with van der Waals surface area (Å²) in [5, 5.41) is 0. The Balaban J connectivity index is 2.36. The fourth-order valence-corrected chi connectivity index (χ4v) is 4.15. The van der Waals surface area contributed by atoms with Gasteiger partial charge in [-0.05, 0) is 37.8 Å². The van der Waals surface area contributed by atoms with Crippen LogP contribution in [0.1, 0.15) is 32.6 Å². The van der Waals surface area contributed by atoms with E-state index in [1.165, 1.54) is 0 Å². The van der Waals surface area contributed by atoms with Crippen LogP contribution in [-0.4, -0.2) is 34.1 Å². The van der Waals surface area contributed by atoms with Crippen LogP contribution in [0, 0.1) is 0 Å². The number of hydrogen-bond donors (Lipinski definition) is 2. The molecule has 1 aliphatic rings. The van der Waals surface area contributed by atoms with Gasteiger partial charge in [-0.2, -0.15) is 0 Å². The third-order valence-corrected chi connectivity index (χ3v) is 5.41. The van der Waals surface area contributed by atoms with Crippen LogP contribution in [0.25, 0.3) is 0 Å². The molecule has 0 radical (unpaired) electrons. The van der Waals surface area contributed by atoms with Gasteiger partial charge >= 0.3 is 0 Å². The second-order valence-corrected chi connectivity index (χ2v) is 7.18. The summed E-state index contributed by atoms with van der Waals surface area (Å²) in [6.45, 7) is 3.82. The molecule has 1 unspecified atom stereocenters. The topological polar surface area (TPSA) is 75.4 Å². The van der Waals surface area contributed by atoms with E-state index in [4.69, 9.17) is 5.73 Å². The van der Waals surface area contributed by atoms with E-state index >= 15 is 0 Å². The zero-order valence-electron chi connectivity index (χ0n) is 12.6. The third kappa shape index (κ3) is 3.75. The fourth-order valence-electron chi connectivity index (χ4n) is 2.80. The summed E-state index contributed by atoms with van der Waals surface area (Å²) in [4.78, 5) is 2.52. The van der Waals surface area contributed by atoms with Crippen molar-refractivity contribution in [2.75, 3.05) is 24.5 Å². The number of rotatable bonds is 6. The largest absolute Gasteiger partial charge is 0.366 e. The predicted molar refractivity (Wildman–Crippen MR) is 86.0 cm³/mol. The summed E-state index contributed by atoms with van der Waals surface area (Å²) in [7, 11) is -3.47. The highest BCUT2D eigenvalue weighted by Gasteiger charge is 2.27. The fraction of sp³-hybridized carbons (Fsp3) is 0.600. The van der Waals surface area contributed by atoms with Crippen molar-refractivity contribution in [3.8, 4) is 0 Å². The molecule has 1 heterocycles. The maximum absolute atomic E-state index is 12.5. The molecule has 0 saturated carbocycles. The number of hydrogen-bond acceptors (Lipinski definition) is 4. The smallest absolute Gasteiger partial charge is 0.242 e. The highest BCUT2D eigenvalue weighted by atomic mass is 32.2. The van der Waals surface area contributed by atoms with Crippen molar-refractivity contribution in [1.29, 1.82) is 0 Å². The first-order valence-electron chi connectivity index (χ1n) is 7.65. The van der Waals surface area contributed by atoms with Crippen molar-refractivity contribution in [2.24, 2.45) is 5.73 Å². The molecular formula is C15H25N3O2S. The molecule has 118 valence electrons. The lowest BCUT2D eigenvalue weighted by atomic mass is 10.0. The minimum absolute atomic E-state index is 0.223. The number of nitrogens with two attached hydrogens (primary N) is 1. The molecule has 5 nitrogen and oxygen atoms in total. The summed E-state index contributed by atoms with van der Waals surface area (Å²) in [6.07, 6.45) is 4.03. The zero-order chi connectivity index (χ0) is 15.3. The molecule has 2 rings (SSSR count). The summed E-state index contributed by atoms with van der Waals surface area (Å²) in [6, 6.07) is 7.44. The highest BCUT2D eigenvalue weighted by molar-refractivity contribution is 7.89. The van der Waals surface area contributed by atoms with Crippen molar-refractivity contribution in [3.63, 3.8) is 0 Å². The van der Waals surface area contributed by atoms with Gasteiger partial charge in [0.25, 0.3) is 0 Å². The standard InChI is InChI=1S/C15H25N3O2S/c1-2-10-17-21(19,20)15-9-4-3-8-14(15)18-11-6-5-7-13(18)12-16/h3-4,8-9,13,17H,2,5-7,10-12,16H2,1H3. The summed E-state index contributed by atoms with van der Waals surface area (Å²) < 4.78 is 27.6. The first-order chi connectivity index (χ1) is 10.1. The highest BCUT2D eigenvalue weighted by Crippen LogP contribution is 2.30. The molecule has 0 spiro atoms. The van der Waals surface area contributed by atoms with E-state index in [2.05, 4.69) is 9.62 Å². The quantitative estimate of drug-likeness (QED) is 0.838. The molecule has 21 heavy (non-hydrogen) atoms. The Bertz CT molecular complexity index is 560. The van der Waals surface area contributed by atoms with Gasteiger partial charge in [-0.25, -0.2) is 13.1 Å². The molecule has 0 bridgehead atoms. The SMILES string of the molecule is CCCNS(=O)(=O)c1ccccc1N1CCCCC1CN. The molecule has 1 atom stereocenters. The van der Waals surface area contributed by atoms with E-state index in [9.17, 15) is 8.42 Å². The van der Waals surface area contributed by atoms with Gasteiger partial charge in [0.2, 0.25) is 10.0 Å². The van der Waals surface area contributed by atoms with E-state index in [0.717, 1.165) is 37.9 Å². The Labute approximate surface area is 127 Å². The first-order valence-corrected chi connectivity index (χ1v) is 9.14. The zero-order valence-corrected chi connectivity index (χ0v) is 13.4. The average Bonchev–Trinajstić information content (AvgIpc) is 2.53. The van der Waals surface area contributed by atoms with Crippen LogP contribution in [-0.2, 0) is 10.0 Å². The van der Waals surface area contributed by atoms with Crippen LogP contribution >= 0.6 is 0 Å². The molecule has 1 aromatic carbocycles. The minimum Gasteiger partial charge on any atom is -0.366 e. The Morgan fingerprint density at radius 3 is 2.81 bits per heavy atom. The summed E-state index contributed by atoms with van der Waals surface area (Å²) in [5.41, 5.74) is 6.64. The Kier molecular flexibility index (Phi) is 5.61. The Morgan fingerprint density at radius 2 is 2.10 bits per heavy atom. The number of nitrogens with zero attached hydrogens (tertiary/aromatic N) is 1. The van der Waals surface area contributed by atoms with Gasteiger partial charge in [-0.1, -0.05) is 19.1 Å². The number of piperidine rings is 1. The van der Waals surface area contributed by atoms with E-state index in [1.54, 1.807) is 12.1 Å². The monoisotopic (exact) mass is 311 g/mol. The molecule has 0 aromatic heterocycles. The molecule has 1 aromatic rings. The number of sulfonamides is 1. The van der Waals surface area contributed by atoms with Crippen LogP contribution in [0.5, 0.6) is 0 Å². The molecule has 1 saturated heterocycles. The van der Waals surface area contributed by atoms with Crippen molar-refractivity contribution < 1.29 is 8.42 Å². The molecular weight excluding hydrogens is 286 g/mol.